The van der Waals surface area contributed by atoms with Crippen molar-refractivity contribution < 1.29 is 4.79 Å². The number of rotatable bonds is 3. The van der Waals surface area contributed by atoms with Crippen molar-refractivity contribution in [3.05, 3.63) is 12.7 Å². The zero-order valence-electron chi connectivity index (χ0n) is 6.79. The molecule has 0 aliphatic carbocycles. The predicted octanol–water partition coefficient (Wildman–Crippen LogP) is 0.121. The molecule has 0 aromatic rings. The van der Waals surface area contributed by atoms with E-state index in [1.54, 1.807) is 4.90 Å². The van der Waals surface area contributed by atoms with Gasteiger partial charge in [0, 0.05) is 12.6 Å². The molecule has 1 fully saturated rings. The molecule has 1 aliphatic heterocycles. The monoisotopic (exact) mass is 154 g/mol. The molecule has 11 heavy (non-hydrogen) atoms. The molecular formula is C8H14N2O. The maximum absolute atomic E-state index is 11.0. The second kappa shape index (κ2) is 3.05. The molecule has 2 N–H and O–H groups in total. The van der Waals surface area contributed by atoms with Gasteiger partial charge in [0.1, 0.15) is 6.04 Å². The lowest BCUT2D eigenvalue weighted by molar-refractivity contribution is -0.145. The van der Waals surface area contributed by atoms with E-state index in [4.69, 9.17) is 5.73 Å². The van der Waals surface area contributed by atoms with Crippen LogP contribution in [0.2, 0.25) is 0 Å². The van der Waals surface area contributed by atoms with E-state index in [1.807, 2.05) is 13.0 Å². The maximum atomic E-state index is 11.0. The molecule has 0 saturated carbocycles. The minimum atomic E-state index is -0.248. The lowest BCUT2D eigenvalue weighted by atomic mass is 10.0. The summed E-state index contributed by atoms with van der Waals surface area (Å²) in [6.45, 7) is 6.32. The first-order chi connectivity index (χ1) is 5.16. The lowest BCUT2D eigenvalue weighted by Gasteiger charge is -2.40. The summed E-state index contributed by atoms with van der Waals surface area (Å²) in [5.41, 5.74) is 5.43. The standard InChI is InChI=1S/C8H14N2O/c1-3-4-6(2)10-5-7(9)8(10)11/h3,6-7H,1,4-5,9H2,2H3. The Morgan fingerprint density at radius 3 is 3.00 bits per heavy atom. The molecule has 0 radical (unpaired) electrons. The molecule has 0 bridgehead atoms. The molecule has 1 rings (SSSR count). The largest absolute Gasteiger partial charge is 0.336 e. The van der Waals surface area contributed by atoms with Crippen LogP contribution in [0.1, 0.15) is 13.3 Å². The predicted molar refractivity (Wildman–Crippen MR) is 44.0 cm³/mol. The van der Waals surface area contributed by atoms with Gasteiger partial charge in [-0.2, -0.15) is 0 Å². The summed E-state index contributed by atoms with van der Waals surface area (Å²) in [5, 5.41) is 0. The Labute approximate surface area is 66.9 Å². The number of nitrogens with two attached hydrogens (primary N) is 1. The van der Waals surface area contributed by atoms with E-state index >= 15 is 0 Å². The molecule has 62 valence electrons. The minimum absolute atomic E-state index is 0.0688. The summed E-state index contributed by atoms with van der Waals surface area (Å²) in [5.74, 6) is 0.0688. The number of β-lactam (4-membered cyclic amide) rings is 1. The van der Waals surface area contributed by atoms with Crippen molar-refractivity contribution in [1.82, 2.24) is 4.90 Å². The summed E-state index contributed by atoms with van der Waals surface area (Å²) in [6.07, 6.45) is 2.67. The molecule has 0 aromatic carbocycles. The SMILES string of the molecule is C=CCC(C)N1CC(N)C1=O. The van der Waals surface area contributed by atoms with E-state index in [1.165, 1.54) is 0 Å². The highest BCUT2D eigenvalue weighted by atomic mass is 16.2. The Morgan fingerprint density at radius 2 is 2.64 bits per heavy atom. The van der Waals surface area contributed by atoms with Gasteiger partial charge in [-0.1, -0.05) is 6.08 Å². The third-order valence-corrected chi connectivity index (χ3v) is 2.03. The molecule has 3 nitrogen and oxygen atoms in total. The van der Waals surface area contributed by atoms with Gasteiger partial charge in [-0.15, -0.1) is 6.58 Å². The van der Waals surface area contributed by atoms with Gasteiger partial charge in [-0.3, -0.25) is 4.79 Å². The van der Waals surface area contributed by atoms with Crippen LogP contribution in [0.4, 0.5) is 0 Å². The second-order valence-electron chi connectivity index (χ2n) is 2.97. The van der Waals surface area contributed by atoms with Gasteiger partial charge in [0.25, 0.3) is 0 Å². The number of likely N-dealkylation sites (tertiary alicyclic amines) is 1. The van der Waals surface area contributed by atoms with Gasteiger partial charge in [-0.25, -0.2) is 0 Å². The topological polar surface area (TPSA) is 46.3 Å². The fourth-order valence-corrected chi connectivity index (χ4v) is 1.25. The number of hydrogen-bond donors (Lipinski definition) is 1. The number of carbonyl (C=O) groups is 1. The van der Waals surface area contributed by atoms with Crippen LogP contribution < -0.4 is 5.73 Å². The number of hydrogen-bond acceptors (Lipinski definition) is 2. The fourth-order valence-electron chi connectivity index (χ4n) is 1.25. The summed E-state index contributed by atoms with van der Waals surface area (Å²) in [4.78, 5) is 12.8. The van der Waals surface area contributed by atoms with Gasteiger partial charge in [0.05, 0.1) is 0 Å². The number of nitrogens with zero attached hydrogens (tertiary/aromatic N) is 1. The van der Waals surface area contributed by atoms with Gasteiger partial charge < -0.3 is 10.6 Å². The van der Waals surface area contributed by atoms with Gasteiger partial charge in [0.15, 0.2) is 0 Å². The summed E-state index contributed by atoms with van der Waals surface area (Å²) < 4.78 is 0. The maximum Gasteiger partial charge on any atom is 0.241 e. The van der Waals surface area contributed by atoms with E-state index in [0.717, 1.165) is 6.42 Å². The van der Waals surface area contributed by atoms with Crippen molar-refractivity contribution in [2.75, 3.05) is 6.54 Å². The first kappa shape index (κ1) is 8.27. The summed E-state index contributed by atoms with van der Waals surface area (Å²) in [7, 11) is 0. The van der Waals surface area contributed by atoms with Crippen LogP contribution in [0.15, 0.2) is 12.7 Å². The third kappa shape index (κ3) is 1.43. The fraction of sp³-hybridized carbons (Fsp3) is 0.625. The molecule has 2 unspecified atom stereocenters. The van der Waals surface area contributed by atoms with Crippen molar-refractivity contribution >= 4 is 5.91 Å². The van der Waals surface area contributed by atoms with Crippen LogP contribution >= 0.6 is 0 Å². The molecule has 1 heterocycles. The van der Waals surface area contributed by atoms with Crippen molar-refractivity contribution in [3.63, 3.8) is 0 Å². The Hall–Kier alpha value is -0.830. The van der Waals surface area contributed by atoms with E-state index in [9.17, 15) is 4.79 Å². The molecule has 1 aliphatic rings. The first-order valence-electron chi connectivity index (χ1n) is 3.83. The number of amides is 1. The van der Waals surface area contributed by atoms with Crippen molar-refractivity contribution in [3.8, 4) is 0 Å². The molecule has 0 aromatic heterocycles. The smallest absolute Gasteiger partial charge is 0.241 e. The van der Waals surface area contributed by atoms with Crippen LogP contribution in [0.3, 0.4) is 0 Å². The Balaban J connectivity index is 2.38. The Kier molecular flexibility index (Phi) is 2.29. The normalized spacial score (nSPS) is 26.2. The Morgan fingerprint density at radius 1 is 2.00 bits per heavy atom. The number of carbonyl (C=O) groups excluding carboxylic acids is 1. The molecule has 1 saturated heterocycles. The molecule has 3 heteroatoms. The van der Waals surface area contributed by atoms with E-state index < -0.39 is 0 Å². The zero-order chi connectivity index (χ0) is 8.43. The highest BCUT2D eigenvalue weighted by molar-refractivity contribution is 5.87. The summed E-state index contributed by atoms with van der Waals surface area (Å²) in [6, 6.07) is 0.0158. The van der Waals surface area contributed by atoms with Crippen LogP contribution in [0.25, 0.3) is 0 Å². The average Bonchev–Trinajstić information content (AvgIpc) is 1.99. The highest BCUT2D eigenvalue weighted by Gasteiger charge is 2.35. The summed E-state index contributed by atoms with van der Waals surface area (Å²) >= 11 is 0. The lowest BCUT2D eigenvalue weighted by Crippen LogP contribution is -2.63. The van der Waals surface area contributed by atoms with Crippen LogP contribution in [-0.2, 0) is 4.79 Å². The minimum Gasteiger partial charge on any atom is -0.336 e. The first-order valence-corrected chi connectivity index (χ1v) is 3.83. The van der Waals surface area contributed by atoms with Gasteiger partial charge in [0.2, 0.25) is 5.91 Å². The molecular weight excluding hydrogens is 140 g/mol. The van der Waals surface area contributed by atoms with Crippen LogP contribution in [0, 0.1) is 0 Å². The van der Waals surface area contributed by atoms with Crippen molar-refractivity contribution in [2.45, 2.75) is 25.4 Å². The molecule has 1 amide bonds. The van der Waals surface area contributed by atoms with Crippen LogP contribution in [-0.4, -0.2) is 29.4 Å². The molecule has 0 spiro atoms. The van der Waals surface area contributed by atoms with Crippen molar-refractivity contribution in [1.29, 1.82) is 0 Å². The highest BCUT2D eigenvalue weighted by Crippen LogP contribution is 2.14. The van der Waals surface area contributed by atoms with Crippen molar-refractivity contribution in [2.24, 2.45) is 5.73 Å². The quantitative estimate of drug-likeness (QED) is 0.463. The average molecular weight is 154 g/mol. The van der Waals surface area contributed by atoms with Gasteiger partial charge >= 0.3 is 0 Å². The van der Waals surface area contributed by atoms with E-state index in [0.29, 0.717) is 6.54 Å². The van der Waals surface area contributed by atoms with E-state index in [2.05, 4.69) is 6.58 Å². The molecule has 2 atom stereocenters. The third-order valence-electron chi connectivity index (χ3n) is 2.03. The van der Waals surface area contributed by atoms with E-state index in [-0.39, 0.29) is 18.0 Å². The van der Waals surface area contributed by atoms with Crippen LogP contribution in [0.5, 0.6) is 0 Å². The zero-order valence-corrected chi connectivity index (χ0v) is 6.79. The second-order valence-corrected chi connectivity index (χ2v) is 2.97. The van der Waals surface area contributed by atoms with Gasteiger partial charge in [-0.05, 0) is 13.3 Å². The Bertz CT molecular complexity index is 179.